The number of unbranched alkanes of at least 4 members (excludes halogenated alkanes) is 5. The van der Waals surface area contributed by atoms with E-state index in [9.17, 15) is 53.1 Å². The Morgan fingerprint density at radius 2 is 1.15 bits per heavy atom. The molecule has 470 valence electrons. The molecule has 0 spiro atoms. The largest absolute Gasteiger partial charge is 0.390 e. The summed E-state index contributed by atoms with van der Waals surface area (Å²) in [6.45, 7) is 28.6. The van der Waals surface area contributed by atoms with Crippen molar-refractivity contribution in [3.63, 3.8) is 0 Å². The SMILES string of the molecule is CCCCCCCC[C@H](NC(=O)[C@@H](NC(=O)[C@@H]1CCCN1C(=O)/C=C/[C@@H](C)CC)[C@H](O)C(C)C)C(=O)NC(C)(C)C(=O)N[C@@H](CC(C)C)C(=O)N[C@@H](CC(C)C)C(=O)NC(C)(C)C(=O)NC(C)(C)C(=O)NCCC(=O)N[C@@H](C)CN(C)C. The normalized spacial score (nSPS) is 16.6. The van der Waals surface area contributed by atoms with Gasteiger partial charge in [0.2, 0.25) is 59.1 Å². The van der Waals surface area contributed by atoms with Crippen LogP contribution >= 0.6 is 0 Å². The van der Waals surface area contributed by atoms with Crippen molar-refractivity contribution in [3.8, 4) is 0 Å². The van der Waals surface area contributed by atoms with Gasteiger partial charge in [0.25, 0.3) is 0 Å². The average molecular weight is 1160 g/mol. The number of aliphatic hydroxyl groups excluding tert-OH is 1. The molecule has 1 saturated heterocycles. The second-order valence-corrected chi connectivity index (χ2v) is 25.7. The van der Waals surface area contributed by atoms with Gasteiger partial charge in [0.15, 0.2) is 0 Å². The van der Waals surface area contributed by atoms with Crippen molar-refractivity contribution in [2.45, 2.75) is 253 Å². The number of hydrogen-bond donors (Lipinski definition) is 10. The number of aliphatic hydroxyl groups is 1. The molecule has 82 heavy (non-hydrogen) atoms. The summed E-state index contributed by atoms with van der Waals surface area (Å²) in [7, 11) is 3.79. The van der Waals surface area contributed by atoms with Gasteiger partial charge < -0.3 is 62.8 Å². The van der Waals surface area contributed by atoms with Gasteiger partial charge in [-0.15, -0.1) is 0 Å². The average Bonchev–Trinajstić information content (AvgIpc) is 4.02. The van der Waals surface area contributed by atoms with Crippen LogP contribution in [0, 0.1) is 23.7 Å². The maximum absolute atomic E-state index is 14.4. The third-order valence-electron chi connectivity index (χ3n) is 14.5. The molecule has 1 fully saturated rings. The first-order chi connectivity index (χ1) is 38.0. The molecular weight excluding hydrogens is 1050 g/mol. The molecule has 0 saturated carbocycles. The minimum absolute atomic E-state index is 0.0233. The molecule has 1 rings (SSSR count). The van der Waals surface area contributed by atoms with E-state index in [1.165, 1.54) is 52.5 Å². The molecule has 0 aromatic rings. The van der Waals surface area contributed by atoms with Crippen LogP contribution < -0.4 is 47.9 Å². The van der Waals surface area contributed by atoms with E-state index in [0.29, 0.717) is 32.4 Å². The molecule has 22 nitrogen and oxygen atoms in total. The number of nitrogens with zero attached hydrogens (tertiary/aromatic N) is 2. The first kappa shape index (κ1) is 74.4. The van der Waals surface area contributed by atoms with E-state index in [2.05, 4.69) is 54.8 Å². The van der Waals surface area contributed by atoms with Crippen molar-refractivity contribution in [1.82, 2.24) is 57.7 Å². The summed E-state index contributed by atoms with van der Waals surface area (Å²) in [5, 5.41) is 36.2. The van der Waals surface area contributed by atoms with Crippen molar-refractivity contribution in [2.24, 2.45) is 23.7 Å². The number of allylic oxidation sites excluding steroid dienone is 1. The molecule has 0 unspecified atom stereocenters. The molecule has 0 aliphatic carbocycles. The van der Waals surface area contributed by atoms with E-state index in [0.717, 1.165) is 38.5 Å². The Bertz CT molecular complexity index is 2140. The number of hydrogen-bond acceptors (Lipinski definition) is 12. The zero-order chi connectivity index (χ0) is 62.9. The number of amides is 10. The molecule has 10 N–H and O–H groups in total. The standard InChI is InChI=1S/C60H109N11O11/c1-19-21-22-23-24-25-27-42(63-54(79)48(49(74)39(7)8)66-53(78)45-28-26-33-71(45)47(73)30-29-40(9)20-2)51(76)67-59(13,14)56(81)65-43(34-37(3)4)50(75)64-44(35-38(5)6)52(77)68-60(15,16)57(82)69-58(11,12)55(80)61-32-31-46(72)62-41(10)36-70(17)18/h29-30,37-45,48-49,74H,19-28,31-36H2,1-18H3,(H,61,80)(H,62,72)(H,63,79)(H,64,75)(H,65,81)(H,66,78)(H,67,76)(H,68,77)(H,69,82)/b30-29+/t40-,41-,42-,43-,44-,45-,48-,49+/m0/s1. The second kappa shape index (κ2) is 35.5. The lowest BCUT2D eigenvalue weighted by Gasteiger charge is -2.34. The van der Waals surface area contributed by atoms with E-state index < -0.39 is 106 Å². The fourth-order valence-corrected chi connectivity index (χ4v) is 9.25. The number of carbonyl (C=O) groups excluding carboxylic acids is 10. The van der Waals surface area contributed by atoms with Gasteiger partial charge in [-0.3, -0.25) is 47.9 Å². The third-order valence-corrected chi connectivity index (χ3v) is 14.5. The summed E-state index contributed by atoms with van der Waals surface area (Å²) < 4.78 is 0. The Balaban J connectivity index is 3.34. The summed E-state index contributed by atoms with van der Waals surface area (Å²) in [4.78, 5) is 141. The Morgan fingerprint density at radius 1 is 0.622 bits per heavy atom. The molecular formula is C60H109N11O11. The quantitative estimate of drug-likeness (QED) is 0.0315. The van der Waals surface area contributed by atoms with Gasteiger partial charge >= 0.3 is 0 Å². The molecule has 1 heterocycles. The Labute approximate surface area is 490 Å². The molecule has 0 aromatic carbocycles. The Morgan fingerprint density at radius 3 is 1.70 bits per heavy atom. The van der Waals surface area contributed by atoms with Gasteiger partial charge in [0, 0.05) is 32.1 Å². The Kier molecular flexibility index (Phi) is 32.2. The van der Waals surface area contributed by atoms with Gasteiger partial charge in [-0.05, 0) is 124 Å². The minimum Gasteiger partial charge on any atom is -0.390 e. The molecule has 10 amide bonds. The topological polar surface area (TPSA) is 306 Å². The maximum Gasteiger partial charge on any atom is 0.246 e. The fourth-order valence-electron chi connectivity index (χ4n) is 9.25. The molecule has 1 aliphatic rings. The highest BCUT2D eigenvalue weighted by molar-refractivity contribution is 6.00. The number of rotatable bonds is 37. The lowest BCUT2D eigenvalue weighted by molar-refractivity contribution is -0.140. The van der Waals surface area contributed by atoms with E-state index in [1.807, 2.05) is 67.5 Å². The highest BCUT2D eigenvalue weighted by atomic mass is 16.3. The van der Waals surface area contributed by atoms with E-state index in [-0.39, 0.29) is 67.8 Å². The summed E-state index contributed by atoms with van der Waals surface area (Å²) >= 11 is 0. The third kappa shape index (κ3) is 26.7. The number of likely N-dealkylation sites (N-methyl/N-ethyl adjacent to an activating group) is 1. The number of nitrogens with one attached hydrogen (secondary N) is 9. The Hall–Kier alpha value is -5.64. The van der Waals surface area contributed by atoms with E-state index in [1.54, 1.807) is 19.9 Å². The number of likely N-dealkylation sites (tertiary alicyclic amines) is 1. The number of carbonyl (C=O) groups is 10. The van der Waals surface area contributed by atoms with E-state index >= 15 is 0 Å². The predicted octanol–water partition coefficient (Wildman–Crippen LogP) is 3.64. The first-order valence-corrected chi connectivity index (χ1v) is 30.1. The first-order valence-electron chi connectivity index (χ1n) is 30.1. The summed E-state index contributed by atoms with van der Waals surface area (Å²) in [5.74, 6) is -6.69. The van der Waals surface area contributed by atoms with Crippen molar-refractivity contribution in [2.75, 3.05) is 33.7 Å². The fraction of sp³-hybridized carbons (Fsp3) is 0.800. The minimum atomic E-state index is -1.68. The van der Waals surface area contributed by atoms with Gasteiger partial charge in [0.05, 0.1) is 6.10 Å². The smallest absolute Gasteiger partial charge is 0.246 e. The van der Waals surface area contributed by atoms with Crippen molar-refractivity contribution >= 4 is 59.1 Å². The van der Waals surface area contributed by atoms with Crippen LogP contribution in [0.2, 0.25) is 0 Å². The molecule has 0 aromatic heterocycles. The van der Waals surface area contributed by atoms with Crippen LogP contribution in [0.5, 0.6) is 0 Å². The lowest BCUT2D eigenvalue weighted by atomic mass is 9.96. The second-order valence-electron chi connectivity index (χ2n) is 25.7. The van der Waals surface area contributed by atoms with Crippen LogP contribution in [-0.4, -0.2) is 167 Å². The zero-order valence-electron chi connectivity index (χ0n) is 53.2. The predicted molar refractivity (Wildman–Crippen MR) is 319 cm³/mol. The van der Waals surface area contributed by atoms with Crippen LogP contribution in [0.4, 0.5) is 0 Å². The molecule has 8 atom stereocenters. The van der Waals surface area contributed by atoms with Gasteiger partial charge in [-0.25, -0.2) is 0 Å². The van der Waals surface area contributed by atoms with Crippen LogP contribution in [0.3, 0.4) is 0 Å². The molecule has 1 aliphatic heterocycles. The molecule has 0 bridgehead atoms. The van der Waals surface area contributed by atoms with Gasteiger partial charge in [-0.2, -0.15) is 0 Å². The summed E-state index contributed by atoms with van der Waals surface area (Å²) in [6, 6.07) is -6.06. The maximum atomic E-state index is 14.4. The highest BCUT2D eigenvalue weighted by Crippen LogP contribution is 2.21. The highest BCUT2D eigenvalue weighted by Gasteiger charge is 2.42. The van der Waals surface area contributed by atoms with Crippen molar-refractivity contribution < 1.29 is 53.1 Å². The lowest BCUT2D eigenvalue weighted by Crippen LogP contribution is -2.65. The van der Waals surface area contributed by atoms with Crippen molar-refractivity contribution in [1.29, 1.82) is 0 Å². The van der Waals surface area contributed by atoms with Crippen LogP contribution in [0.1, 0.15) is 194 Å². The van der Waals surface area contributed by atoms with Crippen LogP contribution in [0.25, 0.3) is 0 Å². The van der Waals surface area contributed by atoms with Crippen LogP contribution in [-0.2, 0) is 47.9 Å². The van der Waals surface area contributed by atoms with Crippen molar-refractivity contribution in [3.05, 3.63) is 12.2 Å². The van der Waals surface area contributed by atoms with E-state index in [4.69, 9.17) is 0 Å². The molecule has 0 radical (unpaired) electrons. The molecule has 22 heteroatoms. The van der Waals surface area contributed by atoms with Gasteiger partial charge in [0.1, 0.15) is 46.8 Å². The van der Waals surface area contributed by atoms with Gasteiger partial charge in [-0.1, -0.05) is 113 Å². The van der Waals surface area contributed by atoms with Crippen LogP contribution in [0.15, 0.2) is 12.2 Å². The summed E-state index contributed by atoms with van der Waals surface area (Å²) in [6.07, 6.45) is 9.35. The monoisotopic (exact) mass is 1160 g/mol. The zero-order valence-corrected chi connectivity index (χ0v) is 53.2. The summed E-state index contributed by atoms with van der Waals surface area (Å²) in [5.41, 5.74) is -4.73.